The normalized spacial score (nSPS) is 10.4. The molecule has 0 aliphatic heterocycles. The van der Waals surface area contributed by atoms with Gasteiger partial charge in [0, 0.05) is 13.2 Å². The van der Waals surface area contributed by atoms with E-state index in [1.54, 1.807) is 0 Å². The van der Waals surface area contributed by atoms with Gasteiger partial charge in [-0.05, 0) is 12.8 Å². The van der Waals surface area contributed by atoms with Gasteiger partial charge in [-0.3, -0.25) is 0 Å². The predicted molar refractivity (Wildman–Crippen MR) is 65.5 cm³/mol. The molecule has 4 N–H and O–H groups in total. The zero-order valence-electron chi connectivity index (χ0n) is 9.12. The van der Waals surface area contributed by atoms with E-state index in [4.69, 9.17) is 22.4 Å². The monoisotopic (exact) mass is 244 g/mol. The number of nitrogens with two attached hydrogens (primary N) is 1. The lowest BCUT2D eigenvalue weighted by molar-refractivity contribution is 0.283. The third-order valence-corrected chi connectivity index (χ3v) is 2.42. The van der Waals surface area contributed by atoms with Crippen LogP contribution in [0.3, 0.4) is 0 Å². The Morgan fingerprint density at radius 1 is 1.31 bits per heavy atom. The molecule has 6 heteroatoms. The van der Waals surface area contributed by atoms with Gasteiger partial charge in [-0.1, -0.05) is 24.4 Å². The molecule has 0 saturated carbocycles. The van der Waals surface area contributed by atoms with Gasteiger partial charge in [0.15, 0.2) is 0 Å². The van der Waals surface area contributed by atoms with Crippen molar-refractivity contribution < 1.29 is 5.11 Å². The van der Waals surface area contributed by atoms with Gasteiger partial charge in [0.1, 0.15) is 10.8 Å². The average Bonchev–Trinajstić information content (AvgIpc) is 2.28. The number of aliphatic hydroxyl groups is 1. The topological polar surface area (TPSA) is 84.1 Å². The smallest absolute Gasteiger partial charge is 0.222 e. The van der Waals surface area contributed by atoms with E-state index in [1.807, 2.05) is 0 Å². The number of nitrogen functional groups attached to an aromatic ring is 1. The van der Waals surface area contributed by atoms with Crippen LogP contribution in [0.2, 0.25) is 5.02 Å². The van der Waals surface area contributed by atoms with Crippen molar-refractivity contribution in [1.29, 1.82) is 0 Å². The van der Waals surface area contributed by atoms with Crippen molar-refractivity contribution in [3.05, 3.63) is 11.2 Å². The third kappa shape index (κ3) is 4.63. The molecule has 0 unspecified atom stereocenters. The summed E-state index contributed by atoms with van der Waals surface area (Å²) in [6, 6.07) is 0. The molecule has 0 fully saturated rings. The quantitative estimate of drug-likeness (QED) is 0.636. The molecule has 1 heterocycles. The molecule has 0 saturated heterocycles. The molecule has 1 aromatic rings. The zero-order chi connectivity index (χ0) is 11.8. The third-order valence-electron chi connectivity index (χ3n) is 2.14. The standard InChI is InChI=1S/C10H17ClN4O/c11-8-7-14-10(12)15-9(8)13-5-3-1-2-4-6-16/h7,16H,1-6H2,(H3,12,13,14,15). The lowest BCUT2D eigenvalue weighted by atomic mass is 10.2. The van der Waals surface area contributed by atoms with E-state index in [1.165, 1.54) is 6.20 Å². The van der Waals surface area contributed by atoms with E-state index >= 15 is 0 Å². The number of nitrogens with zero attached hydrogens (tertiary/aromatic N) is 2. The molecular formula is C10H17ClN4O. The van der Waals surface area contributed by atoms with Crippen LogP contribution in [0.4, 0.5) is 11.8 Å². The van der Waals surface area contributed by atoms with Gasteiger partial charge in [-0.2, -0.15) is 4.98 Å². The molecule has 0 amide bonds. The van der Waals surface area contributed by atoms with Gasteiger partial charge in [0.25, 0.3) is 0 Å². The second-order valence-corrected chi connectivity index (χ2v) is 3.90. The minimum atomic E-state index is 0.215. The van der Waals surface area contributed by atoms with Crippen molar-refractivity contribution in [3.63, 3.8) is 0 Å². The summed E-state index contributed by atoms with van der Waals surface area (Å²) in [6.07, 6.45) is 5.48. The number of halogens is 1. The second kappa shape index (κ2) is 7.24. The maximum atomic E-state index is 8.60. The molecule has 1 aromatic heterocycles. The zero-order valence-corrected chi connectivity index (χ0v) is 9.87. The second-order valence-electron chi connectivity index (χ2n) is 3.49. The van der Waals surface area contributed by atoms with Crippen LogP contribution < -0.4 is 11.1 Å². The van der Waals surface area contributed by atoms with Gasteiger partial charge >= 0.3 is 0 Å². The first-order valence-electron chi connectivity index (χ1n) is 5.37. The molecule has 90 valence electrons. The highest BCUT2D eigenvalue weighted by Gasteiger charge is 2.02. The van der Waals surface area contributed by atoms with E-state index in [0.29, 0.717) is 10.8 Å². The summed E-state index contributed by atoms with van der Waals surface area (Å²) in [5, 5.41) is 12.2. The molecule has 0 atom stereocenters. The van der Waals surface area contributed by atoms with E-state index in [-0.39, 0.29) is 12.6 Å². The highest BCUT2D eigenvalue weighted by atomic mass is 35.5. The summed E-state index contributed by atoms with van der Waals surface area (Å²) < 4.78 is 0. The molecule has 0 spiro atoms. The van der Waals surface area contributed by atoms with Crippen molar-refractivity contribution in [2.75, 3.05) is 24.2 Å². The molecular weight excluding hydrogens is 228 g/mol. The fourth-order valence-corrected chi connectivity index (χ4v) is 1.46. The van der Waals surface area contributed by atoms with Gasteiger partial charge in [-0.25, -0.2) is 4.98 Å². The van der Waals surface area contributed by atoms with Crippen molar-refractivity contribution in [2.45, 2.75) is 25.7 Å². The molecule has 0 aliphatic rings. The van der Waals surface area contributed by atoms with Crippen LogP contribution in [0.25, 0.3) is 0 Å². The van der Waals surface area contributed by atoms with Gasteiger partial charge in [0.05, 0.1) is 6.20 Å². The Bertz CT molecular complexity index is 322. The minimum Gasteiger partial charge on any atom is -0.396 e. The first-order chi connectivity index (χ1) is 7.74. The first-order valence-corrected chi connectivity index (χ1v) is 5.74. The molecule has 0 aliphatic carbocycles. The van der Waals surface area contributed by atoms with Crippen molar-refractivity contribution in [1.82, 2.24) is 9.97 Å². The number of hydrogen-bond donors (Lipinski definition) is 3. The summed E-state index contributed by atoms with van der Waals surface area (Å²) in [5.74, 6) is 0.795. The minimum absolute atomic E-state index is 0.215. The summed E-state index contributed by atoms with van der Waals surface area (Å²) in [6.45, 7) is 1.06. The molecule has 1 rings (SSSR count). The maximum Gasteiger partial charge on any atom is 0.222 e. The van der Waals surface area contributed by atoms with E-state index in [0.717, 1.165) is 32.2 Å². The number of nitrogens with one attached hydrogen (secondary N) is 1. The molecule has 0 aromatic carbocycles. The number of aromatic nitrogens is 2. The fraction of sp³-hybridized carbons (Fsp3) is 0.600. The van der Waals surface area contributed by atoms with Crippen LogP contribution in [-0.4, -0.2) is 28.2 Å². The van der Waals surface area contributed by atoms with Crippen molar-refractivity contribution in [2.24, 2.45) is 0 Å². The molecule has 0 radical (unpaired) electrons. The van der Waals surface area contributed by atoms with Crippen LogP contribution in [0.5, 0.6) is 0 Å². The molecule has 16 heavy (non-hydrogen) atoms. The molecule has 0 bridgehead atoms. The summed E-state index contributed by atoms with van der Waals surface area (Å²) in [7, 11) is 0. The largest absolute Gasteiger partial charge is 0.396 e. The van der Waals surface area contributed by atoms with E-state index < -0.39 is 0 Å². The van der Waals surface area contributed by atoms with Gasteiger partial charge in [0.2, 0.25) is 5.95 Å². The Morgan fingerprint density at radius 3 is 2.81 bits per heavy atom. The van der Waals surface area contributed by atoms with Crippen LogP contribution in [0.1, 0.15) is 25.7 Å². The van der Waals surface area contributed by atoms with E-state index in [9.17, 15) is 0 Å². The van der Waals surface area contributed by atoms with E-state index in [2.05, 4.69) is 15.3 Å². The summed E-state index contributed by atoms with van der Waals surface area (Å²) in [4.78, 5) is 7.77. The summed E-state index contributed by atoms with van der Waals surface area (Å²) in [5.41, 5.74) is 5.45. The Kier molecular flexibility index (Phi) is 5.88. The van der Waals surface area contributed by atoms with Gasteiger partial charge < -0.3 is 16.2 Å². The highest BCUT2D eigenvalue weighted by molar-refractivity contribution is 6.32. The Labute approximate surface area is 100 Å². The number of anilines is 2. The fourth-order valence-electron chi connectivity index (χ4n) is 1.30. The highest BCUT2D eigenvalue weighted by Crippen LogP contribution is 2.18. The number of aliphatic hydroxyl groups excluding tert-OH is 1. The molecule has 5 nitrogen and oxygen atoms in total. The SMILES string of the molecule is Nc1ncc(Cl)c(NCCCCCCO)n1. The Balaban J connectivity index is 2.23. The van der Waals surface area contributed by atoms with Crippen LogP contribution in [0, 0.1) is 0 Å². The van der Waals surface area contributed by atoms with Crippen molar-refractivity contribution >= 4 is 23.4 Å². The van der Waals surface area contributed by atoms with Crippen LogP contribution >= 0.6 is 11.6 Å². The number of unbranched alkanes of at least 4 members (excludes halogenated alkanes) is 3. The maximum absolute atomic E-state index is 8.60. The van der Waals surface area contributed by atoms with Gasteiger partial charge in [-0.15, -0.1) is 0 Å². The Hall–Kier alpha value is -1.07. The summed E-state index contributed by atoms with van der Waals surface area (Å²) >= 11 is 5.88. The number of rotatable bonds is 7. The lowest BCUT2D eigenvalue weighted by Gasteiger charge is -2.07. The van der Waals surface area contributed by atoms with Crippen molar-refractivity contribution in [3.8, 4) is 0 Å². The lowest BCUT2D eigenvalue weighted by Crippen LogP contribution is -2.06. The first kappa shape index (κ1) is 13.0. The van der Waals surface area contributed by atoms with Crippen LogP contribution in [0.15, 0.2) is 6.20 Å². The van der Waals surface area contributed by atoms with Crippen LogP contribution in [-0.2, 0) is 0 Å². The predicted octanol–water partition coefficient (Wildman–Crippen LogP) is 1.68. The Morgan fingerprint density at radius 2 is 2.06 bits per heavy atom. The number of hydrogen-bond acceptors (Lipinski definition) is 5. The average molecular weight is 245 g/mol.